The van der Waals surface area contributed by atoms with E-state index < -0.39 is 10.0 Å². The van der Waals surface area contributed by atoms with Crippen LogP contribution >= 0.6 is 12.2 Å². The molecule has 5 N–H and O–H groups in total. The molecule has 0 aliphatic rings. The van der Waals surface area contributed by atoms with Crippen LogP contribution in [-0.4, -0.2) is 32.1 Å². The summed E-state index contributed by atoms with van der Waals surface area (Å²) in [6.07, 6.45) is 2.79. The molecule has 1 atom stereocenters. The number of nitrogens with one attached hydrogen (secondary N) is 3. The molecule has 136 valence electrons. The lowest BCUT2D eigenvalue weighted by Crippen LogP contribution is -2.31. The van der Waals surface area contributed by atoms with Crippen molar-refractivity contribution < 1.29 is 8.42 Å². The van der Waals surface area contributed by atoms with Crippen molar-refractivity contribution >= 4 is 33.3 Å². The molecule has 1 aromatic carbocycles. The summed E-state index contributed by atoms with van der Waals surface area (Å²) in [5, 5.41) is 4.56. The molecule has 6 nitrogen and oxygen atoms in total. The molecule has 1 aromatic rings. The van der Waals surface area contributed by atoms with Gasteiger partial charge in [-0.3, -0.25) is 5.84 Å². The number of unbranched alkanes of at least 4 members (excludes halogenated alkanes) is 2. The zero-order valence-corrected chi connectivity index (χ0v) is 15.9. The summed E-state index contributed by atoms with van der Waals surface area (Å²) in [5.74, 6) is 5.43. The Bertz CT molecular complexity index is 589. The van der Waals surface area contributed by atoms with E-state index >= 15 is 0 Å². The van der Waals surface area contributed by atoms with Gasteiger partial charge in [0.25, 0.3) is 0 Å². The minimum atomic E-state index is -3.14. The third-order valence-electron chi connectivity index (χ3n) is 3.69. The summed E-state index contributed by atoms with van der Waals surface area (Å²) in [5.41, 5.74) is 4.71. The first-order valence-corrected chi connectivity index (χ1v) is 10.2. The van der Waals surface area contributed by atoms with Gasteiger partial charge in [0.2, 0.25) is 10.0 Å². The maximum Gasteiger partial charge on any atom is 0.213 e. The van der Waals surface area contributed by atoms with Crippen LogP contribution in [-0.2, 0) is 10.0 Å². The minimum absolute atomic E-state index is 0.122. The second-order valence-corrected chi connectivity index (χ2v) is 8.47. The molecule has 8 heteroatoms. The molecule has 0 amide bonds. The van der Waals surface area contributed by atoms with Gasteiger partial charge in [-0.05, 0) is 44.4 Å². The van der Waals surface area contributed by atoms with E-state index in [2.05, 4.69) is 15.5 Å². The van der Waals surface area contributed by atoms with E-state index in [4.69, 9.17) is 18.1 Å². The van der Waals surface area contributed by atoms with Gasteiger partial charge >= 0.3 is 0 Å². The van der Waals surface area contributed by atoms with E-state index in [9.17, 15) is 8.42 Å². The predicted octanol–water partition coefficient (Wildman–Crippen LogP) is 2.10. The van der Waals surface area contributed by atoms with Crippen molar-refractivity contribution in [1.29, 1.82) is 0 Å². The second-order valence-electron chi connectivity index (χ2n) is 5.88. The van der Waals surface area contributed by atoms with Crippen molar-refractivity contribution in [2.45, 2.75) is 44.4 Å². The molecule has 0 aliphatic carbocycles. The van der Waals surface area contributed by atoms with Gasteiger partial charge in [0, 0.05) is 24.1 Å². The fourth-order valence-electron chi connectivity index (χ4n) is 2.06. The Labute approximate surface area is 150 Å². The molecule has 0 spiro atoms. The van der Waals surface area contributed by atoms with E-state index in [-0.39, 0.29) is 11.3 Å². The van der Waals surface area contributed by atoms with Crippen LogP contribution in [0.4, 0.5) is 5.69 Å². The summed E-state index contributed by atoms with van der Waals surface area (Å²) < 4.78 is 25.8. The van der Waals surface area contributed by atoms with E-state index in [0.717, 1.165) is 37.1 Å². The van der Waals surface area contributed by atoms with Crippen LogP contribution in [0.15, 0.2) is 24.3 Å². The molecule has 24 heavy (non-hydrogen) atoms. The third-order valence-corrected chi connectivity index (χ3v) is 5.81. The third kappa shape index (κ3) is 7.23. The number of sulfonamides is 1. The van der Waals surface area contributed by atoms with Gasteiger partial charge in [-0.2, -0.15) is 0 Å². The summed E-state index contributed by atoms with van der Waals surface area (Å²) in [7, 11) is -3.14. The van der Waals surface area contributed by atoms with Crippen molar-refractivity contribution in [3.05, 3.63) is 29.8 Å². The molecule has 0 bridgehead atoms. The zero-order chi connectivity index (χ0) is 18.0. The first-order valence-electron chi connectivity index (χ1n) is 8.14. The number of hydrazine groups is 1. The van der Waals surface area contributed by atoms with Gasteiger partial charge in [0.05, 0.1) is 11.3 Å². The molecule has 0 fully saturated rings. The highest BCUT2D eigenvalue weighted by atomic mass is 32.2. The van der Waals surface area contributed by atoms with E-state index in [1.165, 1.54) is 0 Å². The number of benzene rings is 1. The van der Waals surface area contributed by atoms with Gasteiger partial charge in [0.1, 0.15) is 0 Å². The fourth-order valence-corrected chi connectivity index (χ4v) is 3.06. The summed E-state index contributed by atoms with van der Waals surface area (Å²) in [4.78, 5) is 0. The topological polar surface area (TPSA) is 96.2 Å². The van der Waals surface area contributed by atoms with Crippen LogP contribution < -0.4 is 21.3 Å². The number of hydrogen-bond donors (Lipinski definition) is 4. The quantitative estimate of drug-likeness (QED) is 0.194. The smallest absolute Gasteiger partial charge is 0.213 e. The Morgan fingerprint density at radius 1 is 1.12 bits per heavy atom. The van der Waals surface area contributed by atoms with Crippen LogP contribution in [0.2, 0.25) is 0 Å². The average Bonchev–Trinajstić information content (AvgIpc) is 2.56. The Hall–Kier alpha value is -1.06. The van der Waals surface area contributed by atoms with Crippen LogP contribution in [0.25, 0.3) is 0 Å². The van der Waals surface area contributed by atoms with Crippen LogP contribution in [0.5, 0.6) is 0 Å². The fraction of sp³-hybridized carbons (Fsp3) is 0.562. The number of anilines is 1. The highest BCUT2D eigenvalue weighted by Crippen LogP contribution is 2.15. The van der Waals surface area contributed by atoms with Crippen molar-refractivity contribution in [2.75, 3.05) is 18.4 Å². The monoisotopic (exact) mass is 372 g/mol. The normalized spacial score (nSPS) is 13.0. The van der Waals surface area contributed by atoms with Crippen LogP contribution in [0.1, 0.15) is 44.7 Å². The molecule has 0 heterocycles. The molecule has 0 aromatic heterocycles. The number of thiocarbonyl (C=S) groups is 1. The molecule has 0 aliphatic heterocycles. The van der Waals surface area contributed by atoms with Crippen molar-refractivity contribution in [2.24, 2.45) is 5.84 Å². The number of nitrogens with two attached hydrogens (primary N) is 1. The zero-order valence-electron chi connectivity index (χ0n) is 14.3. The molecule has 0 saturated heterocycles. The van der Waals surface area contributed by atoms with Crippen molar-refractivity contribution in [3.63, 3.8) is 0 Å². The second kappa shape index (κ2) is 10.7. The highest BCUT2D eigenvalue weighted by Gasteiger charge is 2.13. The maximum absolute atomic E-state index is 11.6. The lowest BCUT2D eigenvalue weighted by atomic mass is 10.1. The molecular weight excluding hydrogens is 344 g/mol. The van der Waals surface area contributed by atoms with Crippen LogP contribution in [0, 0.1) is 0 Å². The standard InChI is InChI=1S/C16H28N4O2S2/c1-13(2)24(21,22)19-11-5-3-4-10-18-15-8-6-14(7-9-15)16(12-23)20-17/h6-9,12-13,16,18-20H,3-5,10-11,17H2,1-2H3. The molecule has 1 rings (SSSR count). The summed E-state index contributed by atoms with van der Waals surface area (Å²) >= 11 is 4.92. The Morgan fingerprint density at radius 2 is 1.75 bits per heavy atom. The summed E-state index contributed by atoms with van der Waals surface area (Å²) in [6.45, 7) is 4.70. The lowest BCUT2D eigenvalue weighted by molar-refractivity contribution is 0.566. The Morgan fingerprint density at radius 3 is 2.29 bits per heavy atom. The molecule has 1 unspecified atom stereocenters. The Balaban J connectivity index is 2.21. The van der Waals surface area contributed by atoms with Gasteiger partial charge in [-0.25, -0.2) is 18.6 Å². The first kappa shape index (κ1) is 21.0. The molecule has 0 radical (unpaired) electrons. The number of rotatable bonds is 12. The van der Waals surface area contributed by atoms with Crippen LogP contribution in [0.3, 0.4) is 0 Å². The minimum Gasteiger partial charge on any atom is -0.385 e. The molecular formula is C16H28N4O2S2. The average molecular weight is 373 g/mol. The SMILES string of the molecule is CC(C)S(=O)(=O)NCCCCCNc1ccc(C(C=S)NN)cc1. The molecule has 0 saturated carbocycles. The number of hydrogen-bond acceptors (Lipinski definition) is 6. The van der Waals surface area contributed by atoms with E-state index in [0.29, 0.717) is 6.54 Å². The largest absolute Gasteiger partial charge is 0.385 e. The highest BCUT2D eigenvalue weighted by molar-refractivity contribution is 7.90. The van der Waals surface area contributed by atoms with E-state index in [1.807, 2.05) is 24.3 Å². The van der Waals surface area contributed by atoms with Gasteiger partial charge in [-0.15, -0.1) is 0 Å². The van der Waals surface area contributed by atoms with Crippen molar-refractivity contribution in [3.8, 4) is 0 Å². The van der Waals surface area contributed by atoms with E-state index in [1.54, 1.807) is 19.2 Å². The van der Waals surface area contributed by atoms with Gasteiger partial charge in [0.15, 0.2) is 0 Å². The lowest BCUT2D eigenvalue weighted by Gasteiger charge is -2.12. The maximum atomic E-state index is 11.6. The predicted molar refractivity (Wildman–Crippen MR) is 105 cm³/mol. The summed E-state index contributed by atoms with van der Waals surface area (Å²) in [6, 6.07) is 7.83. The van der Waals surface area contributed by atoms with Crippen molar-refractivity contribution in [1.82, 2.24) is 10.1 Å². The first-order chi connectivity index (χ1) is 11.4. The van der Waals surface area contributed by atoms with Gasteiger partial charge in [-0.1, -0.05) is 30.8 Å². The van der Waals surface area contributed by atoms with Gasteiger partial charge < -0.3 is 5.32 Å². The Kier molecular flexibility index (Phi) is 9.38.